The van der Waals surface area contributed by atoms with Gasteiger partial charge in [-0.05, 0) is 24.3 Å². The molecule has 148 valence electrons. The molecular weight excluding hydrogens is 430 g/mol. The Balaban J connectivity index is 1.51. The zero-order chi connectivity index (χ0) is 20.2. The molecule has 0 saturated carbocycles. The summed E-state index contributed by atoms with van der Waals surface area (Å²) >= 11 is 9.03. The van der Waals surface area contributed by atoms with Gasteiger partial charge >= 0.3 is 0 Å². The summed E-state index contributed by atoms with van der Waals surface area (Å²) in [6.07, 6.45) is 1.76. The molecule has 0 radical (unpaired) electrons. The van der Waals surface area contributed by atoms with Gasteiger partial charge in [0, 0.05) is 34.7 Å². The average Bonchev–Trinajstić information content (AvgIpc) is 3.45. The fourth-order valence-corrected chi connectivity index (χ4v) is 4.56. The maximum Gasteiger partial charge on any atom is 0.219 e. The quantitative estimate of drug-likeness (QED) is 0.401. The summed E-state index contributed by atoms with van der Waals surface area (Å²) in [5, 5.41) is 12.8. The van der Waals surface area contributed by atoms with Crippen molar-refractivity contribution < 1.29 is 9.21 Å². The van der Waals surface area contributed by atoms with Crippen molar-refractivity contribution >= 4 is 40.6 Å². The van der Waals surface area contributed by atoms with Crippen molar-refractivity contribution in [1.29, 1.82) is 0 Å². The van der Waals surface area contributed by atoms with Crippen LogP contribution in [0.1, 0.15) is 12.1 Å². The molecule has 4 rings (SSSR count). The highest BCUT2D eigenvalue weighted by Gasteiger charge is 2.17. The van der Waals surface area contributed by atoms with Crippen LogP contribution in [0.3, 0.4) is 0 Å². The number of rotatable bonds is 8. The van der Waals surface area contributed by atoms with Gasteiger partial charge < -0.3 is 10.2 Å². The number of nitrogens with zero attached hydrogens (tertiary/aromatic N) is 4. The van der Waals surface area contributed by atoms with E-state index in [1.54, 1.807) is 29.7 Å². The van der Waals surface area contributed by atoms with E-state index in [-0.39, 0.29) is 12.3 Å². The Morgan fingerprint density at radius 3 is 2.79 bits per heavy atom. The Kier molecular flexibility index (Phi) is 5.98. The van der Waals surface area contributed by atoms with Crippen LogP contribution in [0.4, 0.5) is 0 Å². The van der Waals surface area contributed by atoms with E-state index < -0.39 is 0 Å². The van der Waals surface area contributed by atoms with Gasteiger partial charge in [-0.2, -0.15) is 0 Å². The first-order chi connectivity index (χ1) is 14.1. The predicted octanol–water partition coefficient (Wildman–Crippen LogP) is 4.48. The van der Waals surface area contributed by atoms with E-state index in [9.17, 15) is 4.79 Å². The molecule has 10 heteroatoms. The maximum atomic E-state index is 11.3. The number of benzene rings is 1. The second kappa shape index (κ2) is 8.81. The molecular formula is C19H16ClN5O2S2. The molecule has 29 heavy (non-hydrogen) atoms. The number of hydrogen-bond acceptors (Lipinski definition) is 7. The lowest BCUT2D eigenvalue weighted by Crippen LogP contribution is -2.15. The monoisotopic (exact) mass is 445 g/mol. The van der Waals surface area contributed by atoms with Crippen molar-refractivity contribution in [3.63, 3.8) is 0 Å². The van der Waals surface area contributed by atoms with E-state index in [0.717, 1.165) is 16.3 Å². The molecule has 0 aliphatic carbocycles. The number of primary amides is 1. The van der Waals surface area contributed by atoms with E-state index >= 15 is 0 Å². The normalized spacial score (nSPS) is 11.1. The summed E-state index contributed by atoms with van der Waals surface area (Å²) in [6, 6.07) is 11.2. The highest BCUT2D eigenvalue weighted by Crippen LogP contribution is 2.30. The second-order valence-electron chi connectivity index (χ2n) is 6.09. The zero-order valence-corrected chi connectivity index (χ0v) is 17.5. The highest BCUT2D eigenvalue weighted by atomic mass is 35.5. The Morgan fingerprint density at radius 2 is 2.07 bits per heavy atom. The van der Waals surface area contributed by atoms with Crippen LogP contribution in [0.25, 0.3) is 22.2 Å². The third kappa shape index (κ3) is 4.69. The summed E-state index contributed by atoms with van der Waals surface area (Å²) in [7, 11) is 0. The SMILES string of the molecule is NC(=O)CCn1c(SCc2csc(-c3ccc(Cl)cc3)n2)nnc1-c1ccco1. The number of carbonyl (C=O) groups excluding carboxylic acids is 1. The van der Waals surface area contributed by atoms with Gasteiger partial charge in [0.25, 0.3) is 0 Å². The molecule has 2 N–H and O–H groups in total. The minimum atomic E-state index is -0.382. The molecule has 1 amide bonds. The van der Waals surface area contributed by atoms with Gasteiger partial charge in [0.2, 0.25) is 5.91 Å². The van der Waals surface area contributed by atoms with Crippen LogP contribution >= 0.6 is 34.7 Å². The van der Waals surface area contributed by atoms with Crippen molar-refractivity contribution in [2.75, 3.05) is 0 Å². The largest absolute Gasteiger partial charge is 0.461 e. The van der Waals surface area contributed by atoms with Gasteiger partial charge in [-0.3, -0.25) is 9.36 Å². The number of nitrogens with two attached hydrogens (primary N) is 1. The van der Waals surface area contributed by atoms with Gasteiger partial charge in [0.15, 0.2) is 16.7 Å². The smallest absolute Gasteiger partial charge is 0.219 e. The maximum absolute atomic E-state index is 11.3. The minimum Gasteiger partial charge on any atom is -0.461 e. The lowest BCUT2D eigenvalue weighted by Gasteiger charge is -2.07. The first-order valence-corrected chi connectivity index (χ1v) is 10.9. The van der Waals surface area contributed by atoms with Gasteiger partial charge in [-0.25, -0.2) is 4.98 Å². The van der Waals surface area contributed by atoms with Crippen LogP contribution in [0, 0.1) is 0 Å². The van der Waals surface area contributed by atoms with Gasteiger partial charge in [-0.1, -0.05) is 35.5 Å². The van der Waals surface area contributed by atoms with Crippen molar-refractivity contribution in [3.8, 4) is 22.2 Å². The minimum absolute atomic E-state index is 0.191. The van der Waals surface area contributed by atoms with Crippen molar-refractivity contribution in [2.45, 2.75) is 23.9 Å². The molecule has 0 spiro atoms. The first-order valence-electron chi connectivity index (χ1n) is 8.68. The summed E-state index contributed by atoms with van der Waals surface area (Å²) in [6.45, 7) is 0.383. The van der Waals surface area contributed by atoms with Crippen LogP contribution in [-0.2, 0) is 17.1 Å². The van der Waals surface area contributed by atoms with Crippen LogP contribution in [-0.4, -0.2) is 25.7 Å². The molecule has 7 nitrogen and oxygen atoms in total. The number of thioether (sulfide) groups is 1. The van der Waals surface area contributed by atoms with Crippen molar-refractivity contribution in [3.05, 3.63) is 58.8 Å². The van der Waals surface area contributed by atoms with E-state index in [4.69, 9.17) is 26.7 Å². The highest BCUT2D eigenvalue weighted by molar-refractivity contribution is 7.98. The number of aromatic nitrogens is 4. The Morgan fingerprint density at radius 1 is 1.24 bits per heavy atom. The average molecular weight is 446 g/mol. The number of carbonyl (C=O) groups is 1. The van der Waals surface area contributed by atoms with Crippen LogP contribution in [0.2, 0.25) is 5.02 Å². The Bertz CT molecular complexity index is 1110. The molecule has 0 atom stereocenters. The number of halogens is 1. The molecule has 3 aromatic heterocycles. The Hall–Kier alpha value is -2.62. The number of amides is 1. The Labute approximate surface area is 179 Å². The fraction of sp³-hybridized carbons (Fsp3) is 0.158. The molecule has 1 aromatic carbocycles. The fourth-order valence-electron chi connectivity index (χ4n) is 2.64. The van der Waals surface area contributed by atoms with Crippen LogP contribution in [0.5, 0.6) is 0 Å². The number of furan rings is 1. The predicted molar refractivity (Wildman–Crippen MR) is 114 cm³/mol. The first kappa shape index (κ1) is 19.7. The van der Waals surface area contributed by atoms with Gasteiger partial charge in [-0.15, -0.1) is 21.5 Å². The molecule has 3 heterocycles. The second-order valence-corrected chi connectivity index (χ2v) is 8.33. The summed E-state index contributed by atoms with van der Waals surface area (Å²) in [4.78, 5) is 16.0. The lowest BCUT2D eigenvalue weighted by molar-refractivity contribution is -0.118. The van der Waals surface area contributed by atoms with Crippen LogP contribution in [0.15, 0.2) is 57.6 Å². The molecule has 4 aromatic rings. The molecule has 0 aliphatic rings. The molecule has 0 aliphatic heterocycles. The topological polar surface area (TPSA) is 99.8 Å². The van der Waals surface area contributed by atoms with E-state index in [1.807, 2.05) is 34.2 Å². The van der Waals surface area contributed by atoms with Crippen molar-refractivity contribution in [2.24, 2.45) is 5.73 Å². The zero-order valence-electron chi connectivity index (χ0n) is 15.1. The van der Waals surface area contributed by atoms with Crippen molar-refractivity contribution in [1.82, 2.24) is 19.7 Å². The standard InChI is InChI=1S/C19H16ClN5O2S2/c20-13-5-3-12(4-6-13)18-22-14(10-28-18)11-29-19-24-23-17(15-2-1-9-27-15)25(19)8-7-16(21)26/h1-6,9-10H,7-8,11H2,(H2,21,26). The third-order valence-electron chi connectivity index (χ3n) is 4.03. The summed E-state index contributed by atoms with van der Waals surface area (Å²) < 4.78 is 7.28. The number of thiazole rings is 1. The third-order valence-corrected chi connectivity index (χ3v) is 6.22. The lowest BCUT2D eigenvalue weighted by atomic mass is 10.2. The molecule has 0 fully saturated rings. The molecule has 0 saturated heterocycles. The van der Waals surface area contributed by atoms with Crippen LogP contribution < -0.4 is 5.73 Å². The molecule has 0 bridgehead atoms. The van der Waals surface area contributed by atoms with E-state index in [2.05, 4.69) is 10.2 Å². The van der Waals surface area contributed by atoms with E-state index in [1.165, 1.54) is 11.8 Å². The van der Waals surface area contributed by atoms with E-state index in [0.29, 0.717) is 34.1 Å². The van der Waals surface area contributed by atoms with Gasteiger partial charge in [0.1, 0.15) is 5.01 Å². The summed E-state index contributed by atoms with van der Waals surface area (Å²) in [5.41, 5.74) is 7.29. The summed E-state index contributed by atoms with van der Waals surface area (Å²) in [5.74, 6) is 1.40. The molecule has 0 unspecified atom stereocenters. The van der Waals surface area contributed by atoms with Gasteiger partial charge in [0.05, 0.1) is 12.0 Å². The number of hydrogen-bond donors (Lipinski definition) is 1.